The third-order valence-corrected chi connectivity index (χ3v) is 2.14. The molecule has 0 aromatic carbocycles. The molecule has 0 aliphatic carbocycles. The summed E-state index contributed by atoms with van der Waals surface area (Å²) in [5.74, 6) is -1.53. The molecule has 0 atom stereocenters. The molecule has 20 heavy (non-hydrogen) atoms. The molecule has 0 bridgehead atoms. The van der Waals surface area contributed by atoms with Gasteiger partial charge in [-0.2, -0.15) is 0 Å². The zero-order valence-electron chi connectivity index (χ0n) is 10.5. The topological polar surface area (TPSA) is 106 Å². The lowest BCUT2D eigenvalue weighted by Crippen LogP contribution is -2.28. The van der Waals surface area contributed by atoms with E-state index in [4.69, 9.17) is 5.11 Å². The van der Waals surface area contributed by atoms with Crippen LogP contribution < -0.4 is 5.32 Å². The van der Waals surface area contributed by atoms with Crippen molar-refractivity contribution in [3.05, 3.63) is 11.9 Å². The highest BCUT2D eigenvalue weighted by molar-refractivity contribution is 5.84. The van der Waals surface area contributed by atoms with Crippen molar-refractivity contribution in [2.45, 2.75) is 19.4 Å². The summed E-state index contributed by atoms with van der Waals surface area (Å²) in [4.78, 5) is 21.8. The second kappa shape index (κ2) is 8.15. The van der Waals surface area contributed by atoms with Crippen LogP contribution in [0.4, 0.5) is 8.78 Å². The number of carboxylic acids is 1. The number of hydrogen-bond acceptors (Lipinski definition) is 5. The fourth-order valence-corrected chi connectivity index (χ4v) is 1.24. The molecule has 0 saturated carbocycles. The molecule has 1 amide bonds. The van der Waals surface area contributed by atoms with Crippen LogP contribution in [0.3, 0.4) is 0 Å². The first-order valence-corrected chi connectivity index (χ1v) is 5.75. The Kier molecular flexibility index (Phi) is 6.50. The summed E-state index contributed by atoms with van der Waals surface area (Å²) < 4.78 is 29.3. The first kappa shape index (κ1) is 16.0. The molecule has 0 aliphatic rings. The van der Waals surface area contributed by atoms with E-state index < -0.39 is 19.0 Å². The van der Waals surface area contributed by atoms with Crippen molar-refractivity contribution >= 4 is 11.9 Å². The second-order valence-corrected chi connectivity index (χ2v) is 3.74. The largest absolute Gasteiger partial charge is 0.476 e. The van der Waals surface area contributed by atoms with E-state index >= 15 is 0 Å². The van der Waals surface area contributed by atoms with E-state index in [-0.39, 0.29) is 37.7 Å². The summed E-state index contributed by atoms with van der Waals surface area (Å²) in [7, 11) is 0. The number of alkyl halides is 2. The lowest BCUT2D eigenvalue weighted by atomic mass is 10.4. The van der Waals surface area contributed by atoms with Gasteiger partial charge in [-0.05, 0) is 0 Å². The predicted octanol–water partition coefficient (Wildman–Crippen LogP) is -0.236. The third kappa shape index (κ3) is 6.18. The molecule has 1 heterocycles. The number of aromatic carboxylic acids is 1. The highest BCUT2D eigenvalue weighted by atomic mass is 19.3. The lowest BCUT2D eigenvalue weighted by molar-refractivity contribution is -0.122. The number of halogens is 2. The van der Waals surface area contributed by atoms with Gasteiger partial charge in [0.2, 0.25) is 5.91 Å². The van der Waals surface area contributed by atoms with Crippen LogP contribution in [-0.4, -0.2) is 58.2 Å². The van der Waals surface area contributed by atoms with Crippen LogP contribution in [-0.2, 0) is 16.1 Å². The highest BCUT2D eigenvalue weighted by Gasteiger charge is 2.08. The van der Waals surface area contributed by atoms with Gasteiger partial charge in [-0.15, -0.1) is 5.10 Å². The molecule has 1 aromatic heterocycles. The van der Waals surface area contributed by atoms with E-state index in [1.165, 1.54) is 10.9 Å². The van der Waals surface area contributed by atoms with Crippen molar-refractivity contribution in [3.63, 3.8) is 0 Å². The molecule has 0 aliphatic heterocycles. The summed E-state index contributed by atoms with van der Waals surface area (Å²) in [6, 6.07) is 0. The number of carbonyl (C=O) groups excluding carboxylic acids is 1. The fraction of sp³-hybridized carbons (Fsp3) is 0.600. The molecule has 8 nitrogen and oxygen atoms in total. The minimum absolute atomic E-state index is 0.0234. The van der Waals surface area contributed by atoms with Gasteiger partial charge in [-0.1, -0.05) is 5.21 Å². The van der Waals surface area contributed by atoms with Gasteiger partial charge in [0.1, 0.15) is 6.61 Å². The first-order valence-electron chi connectivity index (χ1n) is 5.75. The minimum Gasteiger partial charge on any atom is -0.476 e. The number of hydrogen-bond donors (Lipinski definition) is 2. The van der Waals surface area contributed by atoms with Gasteiger partial charge in [-0.25, -0.2) is 18.3 Å². The van der Waals surface area contributed by atoms with Crippen LogP contribution in [0.15, 0.2) is 6.20 Å². The zero-order valence-corrected chi connectivity index (χ0v) is 10.5. The number of rotatable bonds is 9. The van der Waals surface area contributed by atoms with Crippen LogP contribution in [0.5, 0.6) is 0 Å². The maximum atomic E-state index is 11.7. The Morgan fingerprint density at radius 3 is 2.85 bits per heavy atom. The van der Waals surface area contributed by atoms with Gasteiger partial charge in [0.05, 0.1) is 19.3 Å². The van der Waals surface area contributed by atoms with Crippen molar-refractivity contribution in [3.8, 4) is 0 Å². The normalized spacial score (nSPS) is 10.8. The first-order chi connectivity index (χ1) is 9.49. The van der Waals surface area contributed by atoms with E-state index in [9.17, 15) is 18.4 Å². The number of carbonyl (C=O) groups is 2. The quantitative estimate of drug-likeness (QED) is 0.609. The maximum absolute atomic E-state index is 11.7. The fourth-order valence-electron chi connectivity index (χ4n) is 1.24. The Bertz CT molecular complexity index is 452. The Balaban J connectivity index is 2.13. The van der Waals surface area contributed by atoms with Crippen molar-refractivity contribution in [2.24, 2.45) is 0 Å². The molecule has 0 saturated heterocycles. The Morgan fingerprint density at radius 1 is 1.50 bits per heavy atom. The highest BCUT2D eigenvalue weighted by Crippen LogP contribution is 1.94. The molecular formula is C10H14F2N4O4. The van der Waals surface area contributed by atoms with Crippen molar-refractivity contribution in [1.29, 1.82) is 0 Å². The number of nitrogens with zero attached hydrogens (tertiary/aromatic N) is 3. The molecule has 112 valence electrons. The summed E-state index contributed by atoms with van der Waals surface area (Å²) >= 11 is 0. The van der Waals surface area contributed by atoms with E-state index in [2.05, 4.69) is 20.4 Å². The summed E-state index contributed by atoms with van der Waals surface area (Å²) in [6.07, 6.45) is -1.33. The van der Waals surface area contributed by atoms with Crippen LogP contribution in [0.1, 0.15) is 16.9 Å². The summed E-state index contributed by atoms with van der Waals surface area (Å²) in [6.45, 7) is -0.299. The Labute approximate surface area is 112 Å². The van der Waals surface area contributed by atoms with Crippen molar-refractivity contribution in [1.82, 2.24) is 20.3 Å². The number of carboxylic acid groups (broad SMARTS) is 1. The Hall–Kier alpha value is -2.10. The van der Waals surface area contributed by atoms with E-state index in [0.717, 1.165) is 0 Å². The molecule has 0 spiro atoms. The molecule has 0 fully saturated rings. The summed E-state index contributed by atoms with van der Waals surface area (Å²) in [5, 5.41) is 18.1. The van der Waals surface area contributed by atoms with Crippen LogP contribution >= 0.6 is 0 Å². The molecule has 1 aromatic rings. The van der Waals surface area contributed by atoms with Gasteiger partial charge in [0.15, 0.2) is 5.69 Å². The number of nitrogens with one attached hydrogen (secondary N) is 1. The average molecular weight is 292 g/mol. The number of amides is 1. The van der Waals surface area contributed by atoms with Crippen LogP contribution in [0.2, 0.25) is 0 Å². The molecule has 0 unspecified atom stereocenters. The van der Waals surface area contributed by atoms with E-state index in [0.29, 0.717) is 0 Å². The molecular weight excluding hydrogens is 278 g/mol. The van der Waals surface area contributed by atoms with Gasteiger partial charge < -0.3 is 15.2 Å². The van der Waals surface area contributed by atoms with Crippen molar-refractivity contribution in [2.75, 3.05) is 19.8 Å². The molecule has 1 rings (SSSR count). The number of ether oxygens (including phenoxy) is 1. The smallest absolute Gasteiger partial charge is 0.358 e. The zero-order chi connectivity index (χ0) is 15.0. The molecule has 0 radical (unpaired) electrons. The minimum atomic E-state index is -2.55. The second-order valence-electron chi connectivity index (χ2n) is 3.74. The lowest BCUT2D eigenvalue weighted by Gasteiger charge is -2.05. The van der Waals surface area contributed by atoms with Gasteiger partial charge in [-0.3, -0.25) is 4.79 Å². The van der Waals surface area contributed by atoms with Gasteiger partial charge in [0, 0.05) is 13.0 Å². The predicted molar refractivity (Wildman–Crippen MR) is 61.4 cm³/mol. The molecule has 10 heteroatoms. The molecule has 2 N–H and O–H groups in total. The van der Waals surface area contributed by atoms with Crippen LogP contribution in [0.25, 0.3) is 0 Å². The third-order valence-electron chi connectivity index (χ3n) is 2.14. The van der Waals surface area contributed by atoms with E-state index in [1.54, 1.807) is 0 Å². The van der Waals surface area contributed by atoms with E-state index in [1.807, 2.05) is 0 Å². The van der Waals surface area contributed by atoms with Gasteiger partial charge in [0.25, 0.3) is 6.43 Å². The summed E-state index contributed by atoms with van der Waals surface area (Å²) in [5.41, 5.74) is -0.184. The SMILES string of the molecule is O=C(CCOCC(F)F)NCCn1cc(C(=O)O)nn1. The average Bonchev–Trinajstić information content (AvgIpc) is 2.83. The van der Waals surface area contributed by atoms with Crippen LogP contribution in [0, 0.1) is 0 Å². The van der Waals surface area contributed by atoms with Crippen molar-refractivity contribution < 1.29 is 28.2 Å². The Morgan fingerprint density at radius 2 is 2.25 bits per heavy atom. The monoisotopic (exact) mass is 292 g/mol. The number of aromatic nitrogens is 3. The van der Waals surface area contributed by atoms with Gasteiger partial charge >= 0.3 is 5.97 Å². The maximum Gasteiger partial charge on any atom is 0.358 e. The standard InChI is InChI=1S/C10H14F2N4O4/c11-8(12)6-20-4-1-9(17)13-2-3-16-5-7(10(18)19)14-15-16/h5,8H,1-4,6H2,(H,13,17)(H,18,19).